The molecule has 1 aromatic carbocycles. The zero-order valence-corrected chi connectivity index (χ0v) is 12.5. The predicted molar refractivity (Wildman–Crippen MR) is 77.7 cm³/mol. The van der Waals surface area contributed by atoms with E-state index >= 15 is 0 Å². The molecule has 0 aromatic heterocycles. The fraction of sp³-hybridized carbons (Fsp3) is 0.385. The minimum Gasteiger partial charge on any atom is -0.468 e. The predicted octanol–water partition coefficient (Wildman–Crippen LogP) is 1.45. The summed E-state index contributed by atoms with van der Waals surface area (Å²) in [5.41, 5.74) is 1.74. The smallest absolute Gasteiger partial charge is 0.323 e. The molecular formula is C13H19N2O3P. The van der Waals surface area contributed by atoms with E-state index in [0.29, 0.717) is 6.42 Å². The Morgan fingerprint density at radius 2 is 1.95 bits per heavy atom. The molecule has 0 fully saturated rings. The van der Waals surface area contributed by atoms with Gasteiger partial charge in [-0.1, -0.05) is 21.5 Å². The Morgan fingerprint density at radius 1 is 1.37 bits per heavy atom. The van der Waals surface area contributed by atoms with Gasteiger partial charge in [0.25, 0.3) is 0 Å². The summed E-state index contributed by atoms with van der Waals surface area (Å²) >= 11 is 0. The molecule has 104 valence electrons. The van der Waals surface area contributed by atoms with Gasteiger partial charge in [-0.25, -0.2) is 0 Å². The third-order valence-electron chi connectivity index (χ3n) is 2.67. The number of carbonyl (C=O) groups is 2. The number of amides is 1. The highest BCUT2D eigenvalue weighted by atomic mass is 31.0. The van der Waals surface area contributed by atoms with Gasteiger partial charge in [0.2, 0.25) is 5.91 Å². The van der Waals surface area contributed by atoms with Crippen molar-refractivity contribution in [2.45, 2.75) is 19.4 Å². The van der Waals surface area contributed by atoms with Gasteiger partial charge in [-0.2, -0.15) is 0 Å². The van der Waals surface area contributed by atoms with E-state index in [1.807, 2.05) is 24.3 Å². The zero-order chi connectivity index (χ0) is 14.4. The van der Waals surface area contributed by atoms with Crippen LogP contribution in [0.2, 0.25) is 0 Å². The molecule has 0 bridgehead atoms. The van der Waals surface area contributed by atoms with Crippen molar-refractivity contribution in [1.29, 1.82) is 0 Å². The number of esters is 1. The molecule has 0 aliphatic carbocycles. The molecule has 1 aromatic rings. The van der Waals surface area contributed by atoms with Crippen LogP contribution in [0.1, 0.15) is 12.5 Å². The Hall–Kier alpha value is -1.45. The van der Waals surface area contributed by atoms with Gasteiger partial charge < -0.3 is 10.1 Å². The van der Waals surface area contributed by atoms with Crippen LogP contribution >= 0.6 is 9.39 Å². The third-order valence-corrected chi connectivity index (χ3v) is 3.03. The zero-order valence-electron chi connectivity index (χ0n) is 11.3. The quantitative estimate of drug-likeness (QED) is 0.656. The number of nitrogens with zero attached hydrogens (tertiary/aromatic N) is 1. The van der Waals surface area contributed by atoms with Crippen molar-refractivity contribution in [3.05, 3.63) is 29.8 Å². The molecule has 0 saturated carbocycles. The molecule has 0 radical (unpaired) electrons. The molecule has 0 heterocycles. The summed E-state index contributed by atoms with van der Waals surface area (Å²) in [5.74, 6) is -0.381. The van der Waals surface area contributed by atoms with E-state index in [1.165, 1.54) is 14.0 Å². The molecule has 0 spiro atoms. The van der Waals surface area contributed by atoms with Gasteiger partial charge in [0.05, 0.1) is 7.11 Å². The molecule has 2 atom stereocenters. The molecule has 1 amide bonds. The van der Waals surface area contributed by atoms with Crippen LogP contribution in [0.5, 0.6) is 0 Å². The molecule has 1 rings (SSSR count). The first kappa shape index (κ1) is 15.6. The number of carbonyl (C=O) groups excluding carboxylic acids is 2. The summed E-state index contributed by atoms with van der Waals surface area (Å²) in [6.45, 7) is 1.46. The van der Waals surface area contributed by atoms with Gasteiger partial charge in [-0.15, -0.1) is 0 Å². The van der Waals surface area contributed by atoms with Crippen LogP contribution in [0, 0.1) is 0 Å². The molecule has 0 aliphatic rings. The van der Waals surface area contributed by atoms with Crippen LogP contribution in [0.3, 0.4) is 0 Å². The molecular weight excluding hydrogens is 263 g/mol. The highest BCUT2D eigenvalue weighted by Crippen LogP contribution is 2.15. The summed E-state index contributed by atoms with van der Waals surface area (Å²) in [6, 6.07) is 7.05. The van der Waals surface area contributed by atoms with Gasteiger partial charge in [0.1, 0.15) is 6.04 Å². The second-order valence-electron chi connectivity index (χ2n) is 4.29. The van der Waals surface area contributed by atoms with Crippen LogP contribution in [-0.4, -0.2) is 36.7 Å². The largest absolute Gasteiger partial charge is 0.468 e. The molecule has 0 aliphatic heterocycles. The van der Waals surface area contributed by atoms with Crippen LogP contribution < -0.4 is 5.32 Å². The maximum Gasteiger partial charge on any atom is 0.323 e. The van der Waals surface area contributed by atoms with Crippen molar-refractivity contribution in [3.8, 4) is 0 Å². The van der Waals surface area contributed by atoms with Crippen molar-refractivity contribution in [3.63, 3.8) is 0 Å². The number of benzene rings is 1. The molecule has 5 nitrogen and oxygen atoms in total. The first-order valence-electron chi connectivity index (χ1n) is 5.86. The second-order valence-corrected chi connectivity index (χ2v) is 5.10. The van der Waals surface area contributed by atoms with Crippen molar-refractivity contribution in [1.82, 2.24) is 4.67 Å². The minimum atomic E-state index is -0.346. The van der Waals surface area contributed by atoms with E-state index in [9.17, 15) is 9.59 Å². The standard InChI is InChI=1S/C13H19N2O3P/c1-9(16)14-11-6-4-10(5-7-11)8-12(15(2)19)13(17)18-3/h4-7,12H,8,19H2,1-3H3,(H,14,16)/t12-/m0/s1. The van der Waals surface area contributed by atoms with E-state index in [1.54, 1.807) is 11.7 Å². The van der Waals surface area contributed by atoms with Gasteiger partial charge in [-0.3, -0.25) is 14.3 Å². The van der Waals surface area contributed by atoms with Crippen molar-refractivity contribution in [2.24, 2.45) is 0 Å². The number of hydrogen-bond acceptors (Lipinski definition) is 4. The Morgan fingerprint density at radius 3 is 2.37 bits per heavy atom. The molecule has 19 heavy (non-hydrogen) atoms. The summed E-state index contributed by atoms with van der Waals surface area (Å²) in [7, 11) is 5.65. The normalized spacial score (nSPS) is 12.1. The SMILES string of the molecule is COC(=O)[C@H](Cc1ccc(NC(C)=O)cc1)N(C)P. The average Bonchev–Trinajstić information content (AvgIpc) is 2.36. The number of likely N-dealkylation sites (N-methyl/N-ethyl adjacent to an activating group) is 1. The number of methoxy groups -OCH3 is 1. The second kappa shape index (κ2) is 7.22. The Kier molecular flexibility index (Phi) is 5.93. The molecule has 1 unspecified atom stereocenters. The van der Waals surface area contributed by atoms with E-state index in [4.69, 9.17) is 4.74 Å². The van der Waals surface area contributed by atoms with Crippen molar-refractivity contribution < 1.29 is 14.3 Å². The summed E-state index contributed by atoms with van der Waals surface area (Å²) in [5, 5.41) is 2.70. The van der Waals surface area contributed by atoms with Crippen LogP contribution in [0.4, 0.5) is 5.69 Å². The Balaban J connectivity index is 2.75. The van der Waals surface area contributed by atoms with Crippen molar-refractivity contribution >= 4 is 27.0 Å². The lowest BCUT2D eigenvalue weighted by Crippen LogP contribution is -2.35. The van der Waals surface area contributed by atoms with E-state index in [0.717, 1.165) is 11.3 Å². The lowest BCUT2D eigenvalue weighted by Gasteiger charge is -2.21. The van der Waals surface area contributed by atoms with Crippen LogP contribution in [0.25, 0.3) is 0 Å². The van der Waals surface area contributed by atoms with Gasteiger partial charge >= 0.3 is 5.97 Å². The Labute approximate surface area is 115 Å². The molecule has 1 N–H and O–H groups in total. The lowest BCUT2D eigenvalue weighted by molar-refractivity contribution is -0.144. The van der Waals surface area contributed by atoms with E-state index in [2.05, 4.69) is 14.7 Å². The third kappa shape index (κ3) is 4.97. The van der Waals surface area contributed by atoms with Crippen LogP contribution in [0.15, 0.2) is 24.3 Å². The Bertz CT molecular complexity index is 446. The van der Waals surface area contributed by atoms with Crippen molar-refractivity contribution in [2.75, 3.05) is 19.5 Å². The highest BCUT2D eigenvalue weighted by Gasteiger charge is 2.21. The number of ether oxygens (including phenoxy) is 1. The molecule has 6 heteroatoms. The fourth-order valence-electron chi connectivity index (χ4n) is 1.68. The average molecular weight is 282 g/mol. The van der Waals surface area contributed by atoms with E-state index in [-0.39, 0.29) is 17.9 Å². The minimum absolute atomic E-state index is 0.107. The maximum atomic E-state index is 11.6. The van der Waals surface area contributed by atoms with E-state index < -0.39 is 0 Å². The van der Waals surface area contributed by atoms with Gasteiger partial charge in [-0.05, 0) is 31.2 Å². The number of rotatable bonds is 5. The topological polar surface area (TPSA) is 58.6 Å². The summed E-state index contributed by atoms with van der Waals surface area (Å²) < 4.78 is 6.51. The fourth-order valence-corrected chi connectivity index (χ4v) is 1.91. The van der Waals surface area contributed by atoms with Crippen LogP contribution in [-0.2, 0) is 20.7 Å². The lowest BCUT2D eigenvalue weighted by atomic mass is 10.1. The van der Waals surface area contributed by atoms with Gasteiger partial charge in [0.15, 0.2) is 0 Å². The first-order valence-corrected chi connectivity index (χ1v) is 6.37. The number of anilines is 1. The highest BCUT2D eigenvalue weighted by molar-refractivity contribution is 7.13. The summed E-state index contributed by atoms with van der Waals surface area (Å²) in [4.78, 5) is 22.5. The first-order chi connectivity index (χ1) is 8.93. The summed E-state index contributed by atoms with van der Waals surface area (Å²) in [6.07, 6.45) is 0.549. The number of nitrogens with one attached hydrogen (secondary N) is 1. The number of hydrogen-bond donors (Lipinski definition) is 1. The van der Waals surface area contributed by atoms with Gasteiger partial charge in [0, 0.05) is 12.6 Å². The molecule has 0 saturated heterocycles. The monoisotopic (exact) mass is 282 g/mol. The maximum absolute atomic E-state index is 11.6.